The number of fused-ring (bicyclic) bond motifs is 1. The maximum atomic E-state index is 13.2. The van der Waals surface area contributed by atoms with Crippen molar-refractivity contribution in [1.29, 1.82) is 0 Å². The van der Waals surface area contributed by atoms with Crippen molar-refractivity contribution in [3.05, 3.63) is 53.1 Å². The summed E-state index contributed by atoms with van der Waals surface area (Å²) >= 11 is -0.127. The van der Waals surface area contributed by atoms with E-state index in [0.717, 1.165) is 10.9 Å². The number of sulfone groups is 1. The first-order chi connectivity index (χ1) is 17.3. The number of rotatable bonds is 10. The summed E-state index contributed by atoms with van der Waals surface area (Å²) in [4.78, 5) is 34.0. The Hall–Kier alpha value is -2.52. The minimum atomic E-state index is -3.28. The normalized spacial score (nSPS) is 18.7. The smallest absolute Gasteiger partial charge is 0.497 e. The monoisotopic (exact) mass is 578 g/mol. The van der Waals surface area contributed by atoms with Crippen LogP contribution in [0.2, 0.25) is 0 Å². The molecule has 4 rings (SSSR count). The number of esters is 1. The van der Waals surface area contributed by atoms with Crippen molar-refractivity contribution < 1.29 is 27.5 Å². The standard InChI is InChI=1S/C26H30N2O6SSe/c1-33-19-6-7-23-21(16-19)20(9-11-27-23)24(29)8-5-18-10-12-28(17-22(18)26(30)34-2)13-14-35(31,32)25-4-3-15-36-25/h3-4,6-7,9,11,15-16,18,22H,5,8,10,12-14,17H2,1-2H3/t18-,22+/m1/s1. The van der Waals surface area contributed by atoms with E-state index in [0.29, 0.717) is 54.0 Å². The molecule has 0 N–H and O–H groups in total. The van der Waals surface area contributed by atoms with Gasteiger partial charge in [-0.05, 0) is 24.3 Å². The second-order valence-electron chi connectivity index (χ2n) is 8.93. The minimum absolute atomic E-state index is 0.00638. The van der Waals surface area contributed by atoms with Crippen molar-refractivity contribution in [2.24, 2.45) is 11.8 Å². The molecule has 8 nitrogen and oxygen atoms in total. The predicted octanol–water partition coefficient (Wildman–Crippen LogP) is 2.85. The van der Waals surface area contributed by atoms with Gasteiger partial charge >= 0.3 is 154 Å². The van der Waals surface area contributed by atoms with Crippen LogP contribution in [0.3, 0.4) is 0 Å². The number of hydrogen-bond donors (Lipinski definition) is 0. The van der Waals surface area contributed by atoms with Crippen molar-refractivity contribution in [2.45, 2.75) is 23.0 Å². The topological polar surface area (TPSA) is 103 Å². The fourth-order valence-electron chi connectivity index (χ4n) is 4.77. The summed E-state index contributed by atoms with van der Waals surface area (Å²) in [5, 5.41) is 0.747. The maximum absolute atomic E-state index is 13.2. The van der Waals surface area contributed by atoms with E-state index >= 15 is 0 Å². The predicted molar refractivity (Wildman–Crippen MR) is 137 cm³/mol. The fourth-order valence-corrected chi connectivity index (χ4v) is 8.58. The van der Waals surface area contributed by atoms with Crippen LogP contribution in [0.5, 0.6) is 5.75 Å². The SMILES string of the molecule is COC(=O)[C@H]1CN(CCS(=O)(=O)c2ccc[se]2)CC[C@H]1CCC(=O)c1ccnc2ccc(OC)cc12. The molecule has 2 atom stereocenters. The molecule has 3 aromatic rings. The Balaban J connectivity index is 1.40. The molecule has 0 amide bonds. The molecule has 0 saturated carbocycles. The van der Waals surface area contributed by atoms with Crippen LogP contribution in [0.1, 0.15) is 29.6 Å². The van der Waals surface area contributed by atoms with Crippen LogP contribution in [-0.4, -0.2) is 84.2 Å². The second-order valence-corrected chi connectivity index (χ2v) is 13.6. The molecular weight excluding hydrogens is 547 g/mol. The minimum Gasteiger partial charge on any atom is -0.497 e. The zero-order chi connectivity index (χ0) is 25.7. The molecule has 36 heavy (non-hydrogen) atoms. The molecule has 0 spiro atoms. The molecule has 3 heterocycles. The quantitative estimate of drug-likeness (QED) is 0.206. The van der Waals surface area contributed by atoms with Gasteiger partial charge < -0.3 is 4.74 Å². The van der Waals surface area contributed by atoms with E-state index in [4.69, 9.17) is 9.47 Å². The van der Waals surface area contributed by atoms with Crippen LogP contribution in [0.25, 0.3) is 10.9 Å². The molecule has 1 aliphatic rings. The van der Waals surface area contributed by atoms with Gasteiger partial charge in [-0.25, -0.2) is 0 Å². The van der Waals surface area contributed by atoms with E-state index in [1.165, 1.54) is 7.11 Å². The molecule has 0 unspecified atom stereocenters. The van der Waals surface area contributed by atoms with Crippen molar-refractivity contribution in [3.63, 3.8) is 0 Å². The molecule has 0 aliphatic carbocycles. The Morgan fingerprint density at radius 1 is 1.19 bits per heavy atom. The number of pyridine rings is 1. The van der Waals surface area contributed by atoms with Crippen molar-refractivity contribution in [3.8, 4) is 5.75 Å². The Kier molecular flexibility index (Phi) is 8.62. The number of methoxy groups -OCH3 is 2. The zero-order valence-corrected chi connectivity index (χ0v) is 22.9. The Bertz CT molecular complexity index is 1330. The Labute approximate surface area is 217 Å². The van der Waals surface area contributed by atoms with Gasteiger partial charge in [0.2, 0.25) is 0 Å². The van der Waals surface area contributed by atoms with Crippen molar-refractivity contribution in [1.82, 2.24) is 9.88 Å². The Morgan fingerprint density at radius 2 is 2.03 bits per heavy atom. The van der Waals surface area contributed by atoms with Gasteiger partial charge in [-0.2, -0.15) is 0 Å². The van der Waals surface area contributed by atoms with E-state index < -0.39 is 15.8 Å². The first-order valence-electron chi connectivity index (χ1n) is 11.8. The van der Waals surface area contributed by atoms with Gasteiger partial charge in [0.15, 0.2) is 0 Å². The summed E-state index contributed by atoms with van der Waals surface area (Å²) < 4.78 is 36.1. The molecule has 2 aromatic heterocycles. The summed E-state index contributed by atoms with van der Waals surface area (Å²) in [6.07, 6.45) is 3.18. The number of aromatic nitrogens is 1. The number of ether oxygens (including phenoxy) is 2. The number of piperidine rings is 1. The number of benzene rings is 1. The van der Waals surface area contributed by atoms with Gasteiger partial charge in [-0.3, -0.25) is 4.98 Å². The van der Waals surface area contributed by atoms with E-state index in [1.54, 1.807) is 31.5 Å². The summed E-state index contributed by atoms with van der Waals surface area (Å²) in [6, 6.07) is 10.6. The van der Waals surface area contributed by atoms with Gasteiger partial charge in [-0.15, -0.1) is 0 Å². The van der Waals surface area contributed by atoms with Gasteiger partial charge in [0, 0.05) is 11.6 Å². The first kappa shape index (κ1) is 26.5. The summed E-state index contributed by atoms with van der Waals surface area (Å²) in [5.74, 6) is -0.0331. The number of hydrogen-bond acceptors (Lipinski definition) is 8. The van der Waals surface area contributed by atoms with E-state index in [-0.39, 0.29) is 37.9 Å². The number of nitrogens with zero attached hydrogens (tertiary/aromatic N) is 2. The van der Waals surface area contributed by atoms with Gasteiger partial charge in [0.05, 0.1) is 12.6 Å². The molecular formula is C26H30N2O6SSe. The number of carbonyl (C=O) groups is 2. The number of ketones is 1. The average molecular weight is 578 g/mol. The van der Waals surface area contributed by atoms with Gasteiger partial charge in [0.25, 0.3) is 0 Å². The molecule has 0 bridgehead atoms. The van der Waals surface area contributed by atoms with Crippen LogP contribution in [0.4, 0.5) is 0 Å². The van der Waals surface area contributed by atoms with Gasteiger partial charge in [-0.1, -0.05) is 0 Å². The van der Waals surface area contributed by atoms with Crippen molar-refractivity contribution in [2.75, 3.05) is 39.6 Å². The second kappa shape index (κ2) is 11.7. The van der Waals surface area contributed by atoms with Crippen LogP contribution in [-0.2, 0) is 19.4 Å². The van der Waals surface area contributed by atoms with E-state index in [2.05, 4.69) is 4.98 Å². The summed E-state index contributed by atoms with van der Waals surface area (Å²) in [5.41, 5.74) is 1.32. The zero-order valence-electron chi connectivity index (χ0n) is 20.4. The summed E-state index contributed by atoms with van der Waals surface area (Å²) in [6.45, 7) is 1.48. The van der Waals surface area contributed by atoms with Crippen LogP contribution in [0, 0.1) is 11.8 Å². The van der Waals surface area contributed by atoms with Crippen LogP contribution < -0.4 is 4.74 Å². The third kappa shape index (κ3) is 6.06. The molecule has 1 saturated heterocycles. The van der Waals surface area contributed by atoms with Gasteiger partial charge in [0.1, 0.15) is 5.75 Å². The summed E-state index contributed by atoms with van der Waals surface area (Å²) in [7, 11) is -0.333. The Morgan fingerprint density at radius 3 is 2.75 bits per heavy atom. The van der Waals surface area contributed by atoms with E-state index in [9.17, 15) is 18.0 Å². The fraction of sp³-hybridized carbons (Fsp3) is 0.423. The first-order valence-corrected chi connectivity index (χ1v) is 15.3. The third-order valence-corrected chi connectivity index (χ3v) is 11.8. The number of Topliss-reactive ketones (excluding diaryl/α,β-unsaturated/α-hetero) is 1. The molecule has 1 aliphatic heterocycles. The molecule has 192 valence electrons. The number of carbonyl (C=O) groups excluding carboxylic acids is 2. The van der Waals surface area contributed by atoms with Crippen LogP contribution >= 0.6 is 0 Å². The van der Waals surface area contributed by atoms with Crippen LogP contribution in [0.15, 0.2) is 51.3 Å². The molecule has 0 radical (unpaired) electrons. The molecule has 1 aromatic carbocycles. The number of likely N-dealkylation sites (tertiary alicyclic amines) is 1. The molecule has 10 heteroatoms. The molecule has 1 fully saturated rings. The average Bonchev–Trinajstić information content (AvgIpc) is 3.46. The third-order valence-electron chi connectivity index (χ3n) is 6.81. The van der Waals surface area contributed by atoms with E-state index in [1.807, 2.05) is 28.0 Å². The van der Waals surface area contributed by atoms with Crippen molar-refractivity contribution >= 4 is 47.0 Å².